The Kier molecular flexibility index (Phi) is 8.60. The summed E-state index contributed by atoms with van der Waals surface area (Å²) < 4.78 is 1.66. The molecule has 128 valence electrons. The third kappa shape index (κ3) is 5.38. The quantitative estimate of drug-likeness (QED) is 0.847. The zero-order valence-electron chi connectivity index (χ0n) is 13.5. The first-order chi connectivity index (χ1) is 10.0. The largest absolute Gasteiger partial charge is 0.376 e. The molecule has 0 aromatic carbocycles. The number of hydrogen-bond acceptors (Lipinski definition) is 5. The highest BCUT2D eigenvalue weighted by Gasteiger charge is 2.20. The molecule has 9 heteroatoms. The topological polar surface area (TPSA) is 75.1 Å². The van der Waals surface area contributed by atoms with Gasteiger partial charge in [-0.25, -0.2) is 4.98 Å². The van der Waals surface area contributed by atoms with Crippen molar-refractivity contribution >= 4 is 42.2 Å². The summed E-state index contributed by atoms with van der Waals surface area (Å²) >= 11 is 0. The molecule has 0 radical (unpaired) electrons. The Morgan fingerprint density at radius 3 is 2.39 bits per heavy atom. The number of aryl methyl sites for hydroxylation is 1. The average molecular weight is 361 g/mol. The Bertz CT molecular complexity index is 614. The third-order valence-corrected chi connectivity index (χ3v) is 3.12. The fourth-order valence-corrected chi connectivity index (χ4v) is 1.96. The second-order valence-corrected chi connectivity index (χ2v) is 4.95. The van der Waals surface area contributed by atoms with E-state index in [-0.39, 0.29) is 30.7 Å². The number of carbonyl (C=O) groups excluding carboxylic acids is 1. The summed E-state index contributed by atoms with van der Waals surface area (Å²) in [6.07, 6.45) is 5.20. The van der Waals surface area contributed by atoms with Gasteiger partial charge in [0.2, 0.25) is 5.91 Å². The molecule has 0 aliphatic heterocycles. The summed E-state index contributed by atoms with van der Waals surface area (Å²) in [5.41, 5.74) is 1.79. The van der Waals surface area contributed by atoms with Gasteiger partial charge in [0.05, 0.1) is 18.1 Å². The van der Waals surface area contributed by atoms with Crippen molar-refractivity contribution in [3.63, 3.8) is 0 Å². The molecule has 7 nitrogen and oxygen atoms in total. The summed E-state index contributed by atoms with van der Waals surface area (Å²) in [5, 5.41) is 9.86. The van der Waals surface area contributed by atoms with Crippen LogP contribution in [0.1, 0.15) is 11.6 Å². The minimum atomic E-state index is -0.464. The van der Waals surface area contributed by atoms with Gasteiger partial charge in [-0.05, 0) is 19.2 Å². The molecule has 2 rings (SSSR count). The Labute approximate surface area is 148 Å². The summed E-state index contributed by atoms with van der Waals surface area (Å²) in [4.78, 5) is 18.5. The number of hydrogen-bond donors (Lipinski definition) is 2. The fraction of sp³-hybridized carbons (Fsp3) is 0.357. The monoisotopic (exact) mass is 360 g/mol. The minimum absolute atomic E-state index is 0. The second kappa shape index (κ2) is 9.34. The van der Waals surface area contributed by atoms with Crippen LogP contribution < -0.4 is 15.5 Å². The molecule has 0 aliphatic carbocycles. The van der Waals surface area contributed by atoms with Crippen molar-refractivity contribution in [2.75, 3.05) is 31.4 Å². The Morgan fingerprint density at radius 1 is 1.26 bits per heavy atom. The van der Waals surface area contributed by atoms with Gasteiger partial charge in [-0.3, -0.25) is 9.48 Å². The van der Waals surface area contributed by atoms with Crippen LogP contribution in [0.3, 0.4) is 0 Å². The molecule has 0 spiro atoms. The van der Waals surface area contributed by atoms with Gasteiger partial charge in [0, 0.05) is 32.9 Å². The molecule has 2 N–H and O–H groups in total. The Balaban J connectivity index is 0.00000242. The van der Waals surface area contributed by atoms with Crippen LogP contribution in [0.4, 0.5) is 11.5 Å². The molecule has 2 aromatic rings. The normalized spacial score (nSPS) is 11.0. The first kappa shape index (κ1) is 21.2. The van der Waals surface area contributed by atoms with Crippen LogP contribution in [-0.2, 0) is 11.8 Å². The lowest BCUT2D eigenvalue weighted by Crippen LogP contribution is -2.30. The molecule has 1 amide bonds. The van der Waals surface area contributed by atoms with E-state index in [0.717, 1.165) is 11.3 Å². The van der Waals surface area contributed by atoms with Gasteiger partial charge in [-0.15, -0.1) is 24.8 Å². The molecular formula is C14H22Cl2N6O. The highest BCUT2D eigenvalue weighted by atomic mass is 35.5. The maximum Gasteiger partial charge on any atom is 0.247 e. The average Bonchev–Trinajstić information content (AvgIpc) is 2.86. The van der Waals surface area contributed by atoms with Crippen molar-refractivity contribution < 1.29 is 4.79 Å². The zero-order chi connectivity index (χ0) is 15.4. The maximum absolute atomic E-state index is 12.3. The molecule has 1 unspecified atom stereocenters. The molecule has 0 bridgehead atoms. The van der Waals surface area contributed by atoms with E-state index in [1.54, 1.807) is 30.2 Å². The number of halogens is 2. The van der Waals surface area contributed by atoms with Gasteiger partial charge in [0.15, 0.2) is 0 Å². The standard InChI is InChI=1S/C14H20N6O.2ClH/c1-15-13(10-7-17-20(4)9-10)14(21)18-12-6-5-11(8-16-12)19(2)3;;/h5-9,13,15H,1-4H3,(H,16,18,21);2*1H. The Morgan fingerprint density at radius 2 is 1.96 bits per heavy atom. The molecule has 0 fully saturated rings. The van der Waals surface area contributed by atoms with Crippen LogP contribution in [0.2, 0.25) is 0 Å². The number of amides is 1. The lowest BCUT2D eigenvalue weighted by Gasteiger charge is -2.15. The minimum Gasteiger partial charge on any atom is -0.376 e. The van der Waals surface area contributed by atoms with Crippen LogP contribution in [0, 0.1) is 0 Å². The lowest BCUT2D eigenvalue weighted by atomic mass is 10.1. The van der Waals surface area contributed by atoms with Crippen LogP contribution in [0.5, 0.6) is 0 Å². The number of pyridine rings is 1. The number of anilines is 2. The number of nitrogens with zero attached hydrogens (tertiary/aromatic N) is 4. The van der Waals surface area contributed by atoms with Gasteiger partial charge < -0.3 is 15.5 Å². The van der Waals surface area contributed by atoms with Gasteiger partial charge in [0.1, 0.15) is 11.9 Å². The number of carbonyl (C=O) groups is 1. The Hall–Kier alpha value is -1.83. The van der Waals surface area contributed by atoms with Crippen molar-refractivity contribution in [3.8, 4) is 0 Å². The number of likely N-dealkylation sites (N-methyl/N-ethyl adjacent to an activating group) is 1. The number of nitrogens with one attached hydrogen (secondary N) is 2. The molecule has 1 atom stereocenters. The summed E-state index contributed by atoms with van der Waals surface area (Å²) in [6.45, 7) is 0. The van der Waals surface area contributed by atoms with Crippen LogP contribution in [-0.4, -0.2) is 41.8 Å². The van der Waals surface area contributed by atoms with E-state index in [2.05, 4.69) is 20.7 Å². The highest BCUT2D eigenvalue weighted by Crippen LogP contribution is 2.16. The summed E-state index contributed by atoms with van der Waals surface area (Å²) in [7, 11) is 7.43. The van der Waals surface area contributed by atoms with E-state index in [4.69, 9.17) is 0 Å². The van der Waals surface area contributed by atoms with E-state index < -0.39 is 6.04 Å². The van der Waals surface area contributed by atoms with Crippen molar-refractivity contribution in [3.05, 3.63) is 36.3 Å². The van der Waals surface area contributed by atoms with Crippen molar-refractivity contribution in [1.29, 1.82) is 0 Å². The van der Waals surface area contributed by atoms with E-state index in [0.29, 0.717) is 5.82 Å². The molecular weight excluding hydrogens is 339 g/mol. The smallest absolute Gasteiger partial charge is 0.247 e. The molecule has 0 aliphatic rings. The predicted octanol–water partition coefficient (Wildman–Crippen LogP) is 1.62. The lowest BCUT2D eigenvalue weighted by molar-refractivity contribution is -0.118. The first-order valence-corrected chi connectivity index (χ1v) is 6.61. The van der Waals surface area contributed by atoms with Crippen molar-refractivity contribution in [2.45, 2.75) is 6.04 Å². The van der Waals surface area contributed by atoms with E-state index in [9.17, 15) is 4.79 Å². The van der Waals surface area contributed by atoms with Gasteiger partial charge in [0.25, 0.3) is 0 Å². The van der Waals surface area contributed by atoms with Crippen LogP contribution in [0.25, 0.3) is 0 Å². The predicted molar refractivity (Wildman–Crippen MR) is 96.7 cm³/mol. The van der Waals surface area contributed by atoms with E-state index in [1.165, 1.54) is 0 Å². The van der Waals surface area contributed by atoms with E-state index >= 15 is 0 Å². The summed E-state index contributed by atoms with van der Waals surface area (Å²) in [5.74, 6) is 0.352. The third-order valence-electron chi connectivity index (χ3n) is 3.12. The van der Waals surface area contributed by atoms with Crippen LogP contribution >= 0.6 is 24.8 Å². The number of aromatic nitrogens is 3. The molecule has 2 aromatic heterocycles. The SMILES string of the molecule is CNC(C(=O)Nc1ccc(N(C)C)cn1)c1cnn(C)c1.Cl.Cl. The van der Waals surface area contributed by atoms with Crippen LogP contribution in [0.15, 0.2) is 30.7 Å². The molecule has 2 heterocycles. The molecule has 0 saturated carbocycles. The zero-order valence-corrected chi connectivity index (χ0v) is 15.1. The molecule has 23 heavy (non-hydrogen) atoms. The summed E-state index contributed by atoms with van der Waals surface area (Å²) in [6, 6.07) is 3.22. The van der Waals surface area contributed by atoms with E-state index in [1.807, 2.05) is 38.3 Å². The van der Waals surface area contributed by atoms with Gasteiger partial charge >= 0.3 is 0 Å². The first-order valence-electron chi connectivity index (χ1n) is 6.61. The van der Waals surface area contributed by atoms with Crippen molar-refractivity contribution in [2.24, 2.45) is 7.05 Å². The second-order valence-electron chi connectivity index (χ2n) is 4.95. The fourth-order valence-electron chi connectivity index (χ4n) is 1.96. The van der Waals surface area contributed by atoms with Gasteiger partial charge in [-0.1, -0.05) is 0 Å². The van der Waals surface area contributed by atoms with Gasteiger partial charge in [-0.2, -0.15) is 5.10 Å². The maximum atomic E-state index is 12.3. The highest BCUT2D eigenvalue weighted by molar-refractivity contribution is 5.94. The molecule has 0 saturated heterocycles. The van der Waals surface area contributed by atoms with Crippen molar-refractivity contribution in [1.82, 2.24) is 20.1 Å². The number of rotatable bonds is 5.